The van der Waals surface area contributed by atoms with E-state index in [1.165, 1.54) is 12.1 Å². The lowest BCUT2D eigenvalue weighted by Crippen LogP contribution is -2.34. The highest BCUT2D eigenvalue weighted by atomic mass is 35.5. The summed E-state index contributed by atoms with van der Waals surface area (Å²) in [6, 6.07) is 2.51. The van der Waals surface area contributed by atoms with E-state index in [2.05, 4.69) is 20.4 Å². The molecule has 25 heavy (non-hydrogen) atoms. The molecule has 1 aromatic rings. The minimum atomic E-state index is -4.25. The standard InChI is InChI=1S/C15H17F4N3O2.ClH/c16-14(17)15(18,19)9-24-12-2-1-11(8-21-12)13(23)22-7-10-3-5-20-6-4-10;/h1-3,8,14,20H,4-7,9H2,(H,22,23);1H. The molecule has 10 heteroatoms. The van der Waals surface area contributed by atoms with Gasteiger partial charge in [-0.05, 0) is 19.0 Å². The first-order valence-corrected chi connectivity index (χ1v) is 7.30. The number of halogens is 5. The first-order chi connectivity index (χ1) is 11.4. The molecule has 0 unspecified atom stereocenters. The van der Waals surface area contributed by atoms with Crippen LogP contribution >= 0.6 is 12.4 Å². The number of rotatable bonds is 7. The lowest BCUT2D eigenvalue weighted by atomic mass is 10.1. The lowest BCUT2D eigenvalue weighted by Gasteiger charge is -2.15. The van der Waals surface area contributed by atoms with Crippen LogP contribution in [0.2, 0.25) is 0 Å². The molecule has 2 heterocycles. The van der Waals surface area contributed by atoms with Crippen molar-refractivity contribution in [1.29, 1.82) is 0 Å². The third-order valence-electron chi connectivity index (χ3n) is 3.36. The van der Waals surface area contributed by atoms with Crippen molar-refractivity contribution in [3.05, 3.63) is 35.5 Å². The van der Waals surface area contributed by atoms with Crippen LogP contribution < -0.4 is 15.4 Å². The van der Waals surface area contributed by atoms with Crippen LogP contribution in [0.15, 0.2) is 30.0 Å². The van der Waals surface area contributed by atoms with Crippen molar-refractivity contribution in [1.82, 2.24) is 15.6 Å². The van der Waals surface area contributed by atoms with E-state index >= 15 is 0 Å². The van der Waals surface area contributed by atoms with Crippen molar-refractivity contribution in [3.63, 3.8) is 0 Å². The third kappa shape index (κ3) is 6.50. The number of carbonyl (C=O) groups is 1. The third-order valence-corrected chi connectivity index (χ3v) is 3.36. The normalized spacial score (nSPS) is 14.5. The van der Waals surface area contributed by atoms with Crippen LogP contribution in [-0.4, -0.2) is 49.5 Å². The minimum absolute atomic E-state index is 0. The van der Waals surface area contributed by atoms with Crippen LogP contribution in [0, 0.1) is 0 Å². The van der Waals surface area contributed by atoms with Crippen LogP contribution in [-0.2, 0) is 0 Å². The summed E-state index contributed by atoms with van der Waals surface area (Å²) < 4.78 is 54.0. The average Bonchev–Trinajstić information content (AvgIpc) is 2.59. The highest BCUT2D eigenvalue weighted by molar-refractivity contribution is 5.94. The highest BCUT2D eigenvalue weighted by Crippen LogP contribution is 2.23. The number of nitrogens with zero attached hydrogens (tertiary/aromatic N) is 1. The van der Waals surface area contributed by atoms with Gasteiger partial charge in [0, 0.05) is 25.4 Å². The van der Waals surface area contributed by atoms with Gasteiger partial charge in [0.15, 0.2) is 6.61 Å². The van der Waals surface area contributed by atoms with Crippen LogP contribution in [0.3, 0.4) is 0 Å². The zero-order valence-corrected chi connectivity index (χ0v) is 13.9. The van der Waals surface area contributed by atoms with Crippen LogP contribution in [0.1, 0.15) is 16.8 Å². The van der Waals surface area contributed by atoms with Gasteiger partial charge in [0.1, 0.15) is 0 Å². The maximum Gasteiger partial charge on any atom is 0.340 e. The summed E-state index contributed by atoms with van der Waals surface area (Å²) in [4.78, 5) is 15.6. The molecule has 1 aromatic heterocycles. The van der Waals surface area contributed by atoms with Crippen molar-refractivity contribution in [2.24, 2.45) is 0 Å². The van der Waals surface area contributed by atoms with E-state index in [4.69, 9.17) is 0 Å². The topological polar surface area (TPSA) is 63.2 Å². The van der Waals surface area contributed by atoms with Crippen molar-refractivity contribution in [2.75, 3.05) is 26.2 Å². The molecule has 0 atom stereocenters. The van der Waals surface area contributed by atoms with Gasteiger partial charge in [0.25, 0.3) is 5.91 Å². The Hall–Kier alpha value is -1.87. The first-order valence-electron chi connectivity index (χ1n) is 7.30. The summed E-state index contributed by atoms with van der Waals surface area (Å²) in [7, 11) is 0. The minimum Gasteiger partial charge on any atom is -0.471 e. The molecule has 0 bridgehead atoms. The highest BCUT2D eigenvalue weighted by Gasteiger charge is 2.41. The number of nitrogens with one attached hydrogen (secondary N) is 2. The quantitative estimate of drug-likeness (QED) is 0.561. The van der Waals surface area contributed by atoms with Gasteiger partial charge in [-0.3, -0.25) is 4.79 Å². The molecular weight excluding hydrogens is 366 g/mol. The van der Waals surface area contributed by atoms with Gasteiger partial charge in [-0.15, -0.1) is 12.4 Å². The van der Waals surface area contributed by atoms with Crippen molar-refractivity contribution in [2.45, 2.75) is 18.8 Å². The van der Waals surface area contributed by atoms with Crippen LogP contribution in [0.4, 0.5) is 17.6 Å². The Morgan fingerprint density at radius 2 is 2.16 bits per heavy atom. The molecule has 140 valence electrons. The number of hydrogen-bond donors (Lipinski definition) is 2. The lowest BCUT2D eigenvalue weighted by molar-refractivity contribution is -0.148. The van der Waals surface area contributed by atoms with Gasteiger partial charge in [-0.25, -0.2) is 13.8 Å². The molecule has 1 aliphatic heterocycles. The molecule has 5 nitrogen and oxygen atoms in total. The number of amides is 1. The zero-order chi connectivity index (χ0) is 17.6. The molecule has 2 rings (SSSR count). The number of hydrogen-bond acceptors (Lipinski definition) is 4. The maximum atomic E-state index is 12.7. The van der Waals surface area contributed by atoms with Gasteiger partial charge >= 0.3 is 12.3 Å². The fourth-order valence-corrected chi connectivity index (χ4v) is 1.96. The van der Waals surface area contributed by atoms with Gasteiger partial charge in [-0.1, -0.05) is 11.6 Å². The summed E-state index contributed by atoms with van der Waals surface area (Å²) in [6.07, 6.45) is 0.181. The number of ether oxygens (including phenoxy) is 1. The molecular formula is C15H18ClF4N3O2. The van der Waals surface area contributed by atoms with Crippen LogP contribution in [0.5, 0.6) is 5.88 Å². The summed E-state index contributed by atoms with van der Waals surface area (Å²) in [5.41, 5.74) is 1.33. The largest absolute Gasteiger partial charge is 0.471 e. The molecule has 1 aliphatic rings. The molecule has 1 amide bonds. The SMILES string of the molecule is Cl.O=C(NCC1=CCNCC1)c1ccc(OCC(F)(F)C(F)F)nc1. The number of carbonyl (C=O) groups excluding carboxylic acids is 1. The van der Waals surface area contributed by atoms with E-state index in [1.54, 1.807) is 0 Å². The maximum absolute atomic E-state index is 12.7. The van der Waals surface area contributed by atoms with E-state index in [9.17, 15) is 22.4 Å². The molecule has 0 spiro atoms. The van der Waals surface area contributed by atoms with E-state index in [1.807, 2.05) is 6.08 Å². The molecule has 2 N–H and O–H groups in total. The summed E-state index contributed by atoms with van der Waals surface area (Å²) in [6.45, 7) is 0.561. The van der Waals surface area contributed by atoms with Crippen molar-refractivity contribution in [3.8, 4) is 5.88 Å². The van der Waals surface area contributed by atoms with Gasteiger partial charge in [0.05, 0.1) is 5.56 Å². The Labute approximate surface area is 148 Å². The second kappa shape index (κ2) is 9.57. The number of alkyl halides is 4. The van der Waals surface area contributed by atoms with E-state index < -0.39 is 19.0 Å². The Bertz CT molecular complexity index is 597. The predicted octanol–water partition coefficient (Wildman–Crippen LogP) is 2.43. The number of pyridine rings is 1. The summed E-state index contributed by atoms with van der Waals surface area (Å²) in [5, 5.41) is 5.88. The van der Waals surface area contributed by atoms with E-state index in [0.29, 0.717) is 6.54 Å². The summed E-state index contributed by atoms with van der Waals surface area (Å²) in [5.74, 6) is -4.88. The zero-order valence-electron chi connectivity index (χ0n) is 13.1. The van der Waals surface area contributed by atoms with Crippen molar-refractivity contribution >= 4 is 18.3 Å². The average molecular weight is 384 g/mol. The van der Waals surface area contributed by atoms with Gasteiger partial charge in [-0.2, -0.15) is 8.78 Å². The monoisotopic (exact) mass is 383 g/mol. The molecule has 0 saturated heterocycles. The Balaban J connectivity index is 0.00000312. The molecule has 0 aromatic carbocycles. The van der Waals surface area contributed by atoms with Crippen molar-refractivity contribution < 1.29 is 27.1 Å². The fourth-order valence-electron chi connectivity index (χ4n) is 1.96. The number of aromatic nitrogens is 1. The molecule has 0 radical (unpaired) electrons. The second-order valence-electron chi connectivity index (χ2n) is 5.23. The van der Waals surface area contributed by atoms with E-state index in [-0.39, 0.29) is 29.8 Å². The Morgan fingerprint density at radius 1 is 1.40 bits per heavy atom. The van der Waals surface area contributed by atoms with Crippen LogP contribution in [0.25, 0.3) is 0 Å². The molecule has 0 aliphatic carbocycles. The van der Waals surface area contributed by atoms with Gasteiger partial charge in [0.2, 0.25) is 5.88 Å². The van der Waals surface area contributed by atoms with E-state index in [0.717, 1.165) is 31.3 Å². The molecule has 0 saturated carbocycles. The van der Waals surface area contributed by atoms with Gasteiger partial charge < -0.3 is 15.4 Å². The fraction of sp³-hybridized carbons (Fsp3) is 0.467. The molecule has 0 fully saturated rings. The first kappa shape index (κ1) is 21.2. The summed E-state index contributed by atoms with van der Waals surface area (Å²) >= 11 is 0. The Morgan fingerprint density at radius 3 is 2.72 bits per heavy atom. The second-order valence-corrected chi connectivity index (χ2v) is 5.23. The Kier molecular flexibility index (Phi) is 8.11. The predicted molar refractivity (Wildman–Crippen MR) is 85.8 cm³/mol. The smallest absolute Gasteiger partial charge is 0.340 e.